The second-order valence-electron chi connectivity index (χ2n) is 9.32. The molecule has 1 saturated heterocycles. The van der Waals surface area contributed by atoms with Crippen molar-refractivity contribution in [3.05, 3.63) is 34.1 Å². The first kappa shape index (κ1) is 20.4. The van der Waals surface area contributed by atoms with Crippen LogP contribution in [0, 0.1) is 34.9 Å². The fraction of sp³-hybridized carbons (Fsp3) is 0.636. The number of hydrogen-bond donors (Lipinski definition) is 3. The van der Waals surface area contributed by atoms with Crippen LogP contribution in [0.15, 0.2) is 22.7 Å². The molecule has 3 aliphatic carbocycles. The Morgan fingerprint density at radius 3 is 2.43 bits per heavy atom. The van der Waals surface area contributed by atoms with Crippen molar-refractivity contribution < 1.29 is 18.4 Å². The Balaban J connectivity index is 1.32. The molecule has 0 aromatic heterocycles. The predicted octanol–water partition coefficient (Wildman–Crippen LogP) is 2.68. The van der Waals surface area contributed by atoms with Gasteiger partial charge in [-0.15, -0.1) is 0 Å². The highest BCUT2D eigenvalue weighted by atomic mass is 79.9. The molecule has 1 aromatic rings. The van der Waals surface area contributed by atoms with Crippen molar-refractivity contribution >= 4 is 27.7 Å². The second-order valence-corrected chi connectivity index (χ2v) is 10.2. The van der Waals surface area contributed by atoms with Crippen molar-refractivity contribution in [2.45, 2.75) is 44.4 Å². The summed E-state index contributed by atoms with van der Waals surface area (Å²) in [6.45, 7) is 0.749. The Hall–Kier alpha value is -1.54. The molecule has 0 radical (unpaired) electrons. The highest BCUT2D eigenvalue weighted by Gasteiger charge is 2.71. The molecular weight excluding hydrogens is 456 g/mol. The number of benzene rings is 1. The van der Waals surface area contributed by atoms with Crippen molar-refractivity contribution in [1.82, 2.24) is 16.0 Å². The standard InChI is InChI=1S/C22H26BrF2N3O2/c23-12-2-1-11(15(24)7-12)8-27-20(29)18-13-3-4-14(22(13)5-6-22)19(18)21(30)28-17-10-26-9-16(17)25/h1-2,7,13-14,16-19,26H,3-6,8-10H2,(H,27,29)(H,28,30)/t13-,14+,16+,17+,18+,19+/m0/s1. The van der Waals surface area contributed by atoms with E-state index in [0.717, 1.165) is 25.7 Å². The van der Waals surface area contributed by atoms with Crippen molar-refractivity contribution in [1.29, 1.82) is 0 Å². The van der Waals surface area contributed by atoms with Gasteiger partial charge in [0.05, 0.1) is 17.9 Å². The molecule has 3 saturated carbocycles. The number of alkyl halides is 1. The van der Waals surface area contributed by atoms with E-state index in [1.165, 1.54) is 6.07 Å². The molecule has 1 aliphatic heterocycles. The zero-order chi connectivity index (χ0) is 21.0. The lowest BCUT2D eigenvalue weighted by atomic mass is 9.78. The molecule has 8 heteroatoms. The number of hydrogen-bond acceptors (Lipinski definition) is 3. The van der Waals surface area contributed by atoms with Gasteiger partial charge in [0.1, 0.15) is 12.0 Å². The van der Waals surface area contributed by atoms with Crippen LogP contribution in [0.2, 0.25) is 0 Å². The van der Waals surface area contributed by atoms with E-state index in [4.69, 9.17) is 0 Å². The lowest BCUT2D eigenvalue weighted by Gasteiger charge is -2.30. The van der Waals surface area contributed by atoms with Gasteiger partial charge in [0, 0.05) is 29.7 Å². The first-order valence-electron chi connectivity index (χ1n) is 10.8. The molecule has 4 aliphatic rings. The van der Waals surface area contributed by atoms with E-state index in [2.05, 4.69) is 31.9 Å². The number of rotatable bonds is 5. The molecular formula is C22H26BrF2N3O2. The maximum absolute atomic E-state index is 14.1. The van der Waals surface area contributed by atoms with Gasteiger partial charge in [-0.1, -0.05) is 22.0 Å². The summed E-state index contributed by atoms with van der Waals surface area (Å²) in [6, 6.07) is 4.21. The average Bonchev–Trinajstić information content (AvgIpc) is 3.21. The highest BCUT2D eigenvalue weighted by molar-refractivity contribution is 9.10. The monoisotopic (exact) mass is 481 g/mol. The number of carbonyl (C=O) groups excluding carboxylic acids is 2. The summed E-state index contributed by atoms with van der Waals surface area (Å²) >= 11 is 3.23. The van der Waals surface area contributed by atoms with Gasteiger partial charge in [0.2, 0.25) is 11.8 Å². The minimum atomic E-state index is -1.10. The number of carbonyl (C=O) groups is 2. The maximum Gasteiger partial charge on any atom is 0.224 e. The van der Waals surface area contributed by atoms with Crippen LogP contribution in [-0.2, 0) is 16.1 Å². The summed E-state index contributed by atoms with van der Waals surface area (Å²) in [4.78, 5) is 26.4. The number of halogens is 3. The Morgan fingerprint density at radius 2 is 1.83 bits per heavy atom. The summed E-state index contributed by atoms with van der Waals surface area (Å²) in [6.07, 6.45) is 2.93. The normalized spacial score (nSPS) is 35.6. The van der Waals surface area contributed by atoms with Gasteiger partial charge in [0.15, 0.2) is 0 Å². The van der Waals surface area contributed by atoms with Gasteiger partial charge in [-0.05, 0) is 55.1 Å². The van der Waals surface area contributed by atoms with Gasteiger partial charge < -0.3 is 16.0 Å². The molecule has 1 aromatic carbocycles. The molecule has 1 spiro atoms. The largest absolute Gasteiger partial charge is 0.352 e. The van der Waals surface area contributed by atoms with Crippen LogP contribution < -0.4 is 16.0 Å². The molecule has 2 bridgehead atoms. The van der Waals surface area contributed by atoms with Crippen LogP contribution in [0.25, 0.3) is 0 Å². The number of nitrogens with one attached hydrogen (secondary N) is 3. The smallest absolute Gasteiger partial charge is 0.224 e. The lowest BCUT2D eigenvalue weighted by Crippen LogP contribution is -2.49. The Morgan fingerprint density at radius 1 is 1.13 bits per heavy atom. The van der Waals surface area contributed by atoms with Crippen LogP contribution in [0.4, 0.5) is 8.78 Å². The molecule has 1 heterocycles. The summed E-state index contributed by atoms with van der Waals surface area (Å²) < 4.78 is 28.8. The third-order valence-electron chi connectivity index (χ3n) is 7.89. The quantitative estimate of drug-likeness (QED) is 0.605. The summed E-state index contributed by atoms with van der Waals surface area (Å²) in [5, 5.41) is 8.71. The van der Waals surface area contributed by atoms with Crippen molar-refractivity contribution in [3.8, 4) is 0 Å². The van der Waals surface area contributed by atoms with E-state index in [1.54, 1.807) is 12.1 Å². The van der Waals surface area contributed by atoms with Gasteiger partial charge >= 0.3 is 0 Å². The summed E-state index contributed by atoms with van der Waals surface area (Å²) in [7, 11) is 0. The zero-order valence-electron chi connectivity index (χ0n) is 16.6. The van der Waals surface area contributed by atoms with E-state index < -0.39 is 24.0 Å². The third-order valence-corrected chi connectivity index (χ3v) is 8.38. The molecule has 5 rings (SSSR count). The van der Waals surface area contributed by atoms with E-state index in [1.807, 2.05) is 0 Å². The molecule has 30 heavy (non-hydrogen) atoms. The maximum atomic E-state index is 14.1. The molecule has 2 amide bonds. The predicted molar refractivity (Wildman–Crippen MR) is 111 cm³/mol. The van der Waals surface area contributed by atoms with E-state index in [9.17, 15) is 18.4 Å². The van der Waals surface area contributed by atoms with E-state index in [0.29, 0.717) is 16.6 Å². The van der Waals surface area contributed by atoms with Crippen LogP contribution >= 0.6 is 15.9 Å². The lowest BCUT2D eigenvalue weighted by molar-refractivity contribution is -0.137. The van der Waals surface area contributed by atoms with Crippen LogP contribution in [0.1, 0.15) is 31.2 Å². The minimum Gasteiger partial charge on any atom is -0.352 e. The number of amides is 2. The average molecular weight is 482 g/mol. The van der Waals surface area contributed by atoms with Crippen LogP contribution in [-0.4, -0.2) is 37.1 Å². The summed E-state index contributed by atoms with van der Waals surface area (Å²) in [5.74, 6) is -1.22. The molecule has 4 fully saturated rings. The Labute approximate surface area is 182 Å². The Kier molecular flexibility index (Phi) is 5.13. The molecule has 6 atom stereocenters. The first-order chi connectivity index (χ1) is 14.4. The van der Waals surface area contributed by atoms with Crippen LogP contribution in [0.3, 0.4) is 0 Å². The van der Waals surface area contributed by atoms with Crippen molar-refractivity contribution in [3.63, 3.8) is 0 Å². The van der Waals surface area contributed by atoms with Crippen molar-refractivity contribution in [2.75, 3.05) is 13.1 Å². The second kappa shape index (κ2) is 7.55. The highest BCUT2D eigenvalue weighted by Crippen LogP contribution is 2.74. The fourth-order valence-corrected chi connectivity index (χ4v) is 6.73. The van der Waals surface area contributed by atoms with Gasteiger partial charge in [-0.2, -0.15) is 0 Å². The Bertz CT molecular complexity index is 878. The molecule has 162 valence electrons. The topological polar surface area (TPSA) is 70.2 Å². The fourth-order valence-electron chi connectivity index (χ4n) is 6.39. The van der Waals surface area contributed by atoms with Gasteiger partial charge in [-0.3, -0.25) is 9.59 Å². The first-order valence-corrected chi connectivity index (χ1v) is 11.6. The van der Waals surface area contributed by atoms with Gasteiger partial charge in [-0.25, -0.2) is 8.78 Å². The zero-order valence-corrected chi connectivity index (χ0v) is 18.2. The molecule has 3 N–H and O–H groups in total. The molecule has 0 unspecified atom stereocenters. The minimum absolute atomic E-state index is 0.0896. The SMILES string of the molecule is O=C(N[C@@H]1CNC[C@H]1F)[C@H]1[C@H](C(=O)NCc2ccc(Br)cc2F)[C@@H]2CC[C@H]1C21CC1. The van der Waals surface area contributed by atoms with E-state index >= 15 is 0 Å². The van der Waals surface area contributed by atoms with Gasteiger partial charge in [0.25, 0.3) is 0 Å². The third kappa shape index (κ3) is 3.27. The van der Waals surface area contributed by atoms with Crippen molar-refractivity contribution in [2.24, 2.45) is 29.1 Å². The summed E-state index contributed by atoms with van der Waals surface area (Å²) in [5.41, 5.74) is 0.518. The molecule has 5 nitrogen and oxygen atoms in total. The van der Waals surface area contributed by atoms with E-state index in [-0.39, 0.29) is 48.0 Å². The van der Waals surface area contributed by atoms with Crippen LogP contribution in [0.5, 0.6) is 0 Å².